The number of carbonyl (C=O) groups is 3. The zero-order valence-electron chi connectivity index (χ0n) is 20.2. The summed E-state index contributed by atoms with van der Waals surface area (Å²) in [5.74, 6) is -0.269. The molecule has 9 nitrogen and oxygen atoms in total. The van der Waals surface area contributed by atoms with Crippen LogP contribution < -0.4 is 9.22 Å². The number of amidine groups is 1. The lowest BCUT2D eigenvalue weighted by Gasteiger charge is -2.28. The molecule has 0 aliphatic carbocycles. The van der Waals surface area contributed by atoms with Crippen LogP contribution in [0.5, 0.6) is 5.75 Å². The second-order valence-electron chi connectivity index (χ2n) is 8.98. The smallest absolute Gasteiger partial charge is 0.444 e. The van der Waals surface area contributed by atoms with Gasteiger partial charge in [0.1, 0.15) is 17.6 Å². The van der Waals surface area contributed by atoms with E-state index in [-0.39, 0.29) is 34.3 Å². The van der Waals surface area contributed by atoms with Crippen LogP contribution >= 0.6 is 23.2 Å². The van der Waals surface area contributed by atoms with Crippen LogP contribution in [0, 0.1) is 0 Å². The van der Waals surface area contributed by atoms with Gasteiger partial charge in [-0.2, -0.15) is 4.79 Å². The van der Waals surface area contributed by atoms with Crippen LogP contribution in [0.25, 0.3) is 0 Å². The average molecular weight is 535 g/mol. The largest absolute Gasteiger partial charge is 0.529 e. The number of hydrogen-bond donors (Lipinski definition) is 1. The molecule has 11 heteroatoms. The Bertz CT molecular complexity index is 1220. The molecule has 36 heavy (non-hydrogen) atoms. The molecule has 2 aromatic carbocycles. The number of ether oxygens (including phenoxy) is 2. The number of rotatable bonds is 6. The van der Waals surface area contributed by atoms with Gasteiger partial charge in [0, 0.05) is 25.7 Å². The highest BCUT2D eigenvalue weighted by Gasteiger charge is 2.46. The molecule has 0 spiro atoms. The number of nitrogens with zero attached hydrogens (tertiary/aromatic N) is 3. The van der Waals surface area contributed by atoms with Crippen LogP contribution in [0.1, 0.15) is 37.6 Å². The average Bonchev–Trinajstić information content (AvgIpc) is 3.21. The van der Waals surface area contributed by atoms with Crippen molar-refractivity contribution in [2.75, 3.05) is 13.6 Å². The zero-order chi connectivity index (χ0) is 26.7. The van der Waals surface area contributed by atoms with Gasteiger partial charge < -0.3 is 19.5 Å². The summed E-state index contributed by atoms with van der Waals surface area (Å²) in [7, 11) is 1.57. The van der Waals surface area contributed by atoms with Crippen LogP contribution in [0.4, 0.5) is 15.3 Å². The minimum atomic E-state index is -1.19. The molecule has 0 radical (unpaired) electrons. The fourth-order valence-corrected chi connectivity index (χ4v) is 4.01. The molecule has 1 aliphatic heterocycles. The lowest BCUT2D eigenvalue weighted by atomic mass is 10.2. The second-order valence-corrected chi connectivity index (χ2v) is 9.80. The van der Waals surface area contributed by atoms with E-state index in [0.29, 0.717) is 11.5 Å². The number of quaternary nitrogens is 1. The zero-order valence-corrected chi connectivity index (χ0v) is 21.7. The predicted octanol–water partition coefficient (Wildman–Crippen LogP) is 6.34. The van der Waals surface area contributed by atoms with Crippen molar-refractivity contribution in [3.05, 3.63) is 70.5 Å². The maximum atomic E-state index is 12.5. The van der Waals surface area contributed by atoms with Crippen molar-refractivity contribution >= 4 is 52.9 Å². The van der Waals surface area contributed by atoms with Crippen LogP contribution in [0.3, 0.4) is 0 Å². The van der Waals surface area contributed by atoms with Crippen LogP contribution in [0.15, 0.2) is 59.9 Å². The Morgan fingerprint density at radius 1 is 1.06 bits per heavy atom. The molecule has 0 fully saturated rings. The minimum absolute atomic E-state index is 0.0324. The fraction of sp³-hybridized carbons (Fsp3) is 0.280. The van der Waals surface area contributed by atoms with Gasteiger partial charge in [-0.15, -0.1) is 4.48 Å². The molecule has 0 aromatic heterocycles. The van der Waals surface area contributed by atoms with E-state index in [9.17, 15) is 19.5 Å². The highest BCUT2D eigenvalue weighted by Crippen LogP contribution is 2.33. The molecule has 1 heterocycles. The van der Waals surface area contributed by atoms with E-state index in [2.05, 4.69) is 4.99 Å². The Hall–Kier alpha value is -3.40. The van der Waals surface area contributed by atoms with E-state index in [0.717, 1.165) is 0 Å². The molecule has 1 atom stereocenters. The number of amides is 2. The summed E-state index contributed by atoms with van der Waals surface area (Å²) < 4.78 is 10.0. The van der Waals surface area contributed by atoms with Gasteiger partial charge in [-0.05, 0) is 45.0 Å². The number of esters is 1. The first kappa shape index (κ1) is 27.2. The monoisotopic (exact) mass is 534 g/mol. The summed E-state index contributed by atoms with van der Waals surface area (Å²) in [4.78, 5) is 42.9. The number of aliphatic imine (C=N–C) groups is 1. The standard InChI is InChI=1S/C25H25Cl2N3O6/c1-25(2,3)36-23(32)29(4)14-12-20-28-13-15-30(20,24(33)34)16-8-10-17(11-9-16)35-22(31)21-18(26)6-5-7-19(21)27/h5-11,13,15H,12,14H2,1-4H3/p+1. The van der Waals surface area contributed by atoms with Crippen molar-refractivity contribution in [3.8, 4) is 5.75 Å². The summed E-state index contributed by atoms with van der Waals surface area (Å²) in [6.07, 6.45) is 1.30. The van der Waals surface area contributed by atoms with E-state index in [1.54, 1.807) is 33.9 Å². The summed E-state index contributed by atoms with van der Waals surface area (Å²) in [5.41, 5.74) is -0.267. The molecule has 2 amide bonds. The normalized spacial score (nSPS) is 16.9. The maximum Gasteiger partial charge on any atom is 0.529 e. The topological polar surface area (TPSA) is 106 Å². The molecule has 1 aliphatic rings. The van der Waals surface area contributed by atoms with Gasteiger partial charge in [0.15, 0.2) is 5.69 Å². The summed E-state index contributed by atoms with van der Waals surface area (Å²) in [5, 5.41) is 10.5. The molecular formula is C25H26Cl2N3O6+. The number of carbonyl (C=O) groups excluding carboxylic acids is 2. The molecule has 0 saturated heterocycles. The Morgan fingerprint density at radius 3 is 2.22 bits per heavy atom. The van der Waals surface area contributed by atoms with Crippen LogP contribution in [0.2, 0.25) is 10.0 Å². The summed E-state index contributed by atoms with van der Waals surface area (Å²) in [6.45, 7) is 5.48. The number of benzene rings is 2. The van der Waals surface area contributed by atoms with Gasteiger partial charge in [0.25, 0.3) is 0 Å². The number of carboxylic acid groups (broad SMARTS) is 1. The predicted molar refractivity (Wildman–Crippen MR) is 138 cm³/mol. The van der Waals surface area contributed by atoms with Crippen LogP contribution in [-0.2, 0) is 4.74 Å². The SMILES string of the molecule is CN(CCC1=NC=C[N+]1(C(=O)O)c1ccc(OC(=O)c2c(Cl)cccc2Cl)cc1)C(=O)OC(C)(C)C. The molecule has 3 rings (SSSR count). The lowest BCUT2D eigenvalue weighted by Crippen LogP contribution is -2.52. The molecule has 190 valence electrons. The lowest BCUT2D eigenvalue weighted by molar-refractivity contribution is 0.0302. The van der Waals surface area contributed by atoms with Crippen molar-refractivity contribution < 1.29 is 29.0 Å². The van der Waals surface area contributed by atoms with Crippen molar-refractivity contribution in [2.45, 2.75) is 32.8 Å². The Labute approximate surface area is 218 Å². The number of halogens is 2. The van der Waals surface area contributed by atoms with Crippen molar-refractivity contribution in [1.82, 2.24) is 9.38 Å². The molecule has 0 bridgehead atoms. The first-order valence-electron chi connectivity index (χ1n) is 10.9. The summed E-state index contributed by atoms with van der Waals surface area (Å²) >= 11 is 12.1. The van der Waals surface area contributed by atoms with Crippen molar-refractivity contribution in [1.29, 1.82) is 0 Å². The highest BCUT2D eigenvalue weighted by molar-refractivity contribution is 6.39. The highest BCUT2D eigenvalue weighted by atomic mass is 35.5. The van der Waals surface area contributed by atoms with Crippen molar-refractivity contribution in [2.24, 2.45) is 4.99 Å². The Kier molecular flexibility index (Phi) is 8.08. The van der Waals surface area contributed by atoms with E-state index >= 15 is 0 Å². The van der Waals surface area contributed by atoms with E-state index in [1.165, 1.54) is 53.7 Å². The van der Waals surface area contributed by atoms with Crippen molar-refractivity contribution in [3.63, 3.8) is 0 Å². The quantitative estimate of drug-likeness (QED) is 0.263. The van der Waals surface area contributed by atoms with Gasteiger partial charge in [0.2, 0.25) is 5.84 Å². The van der Waals surface area contributed by atoms with E-state index < -0.39 is 28.2 Å². The molecule has 1 unspecified atom stereocenters. The van der Waals surface area contributed by atoms with E-state index in [4.69, 9.17) is 32.7 Å². The van der Waals surface area contributed by atoms with Gasteiger partial charge in [-0.1, -0.05) is 29.3 Å². The van der Waals surface area contributed by atoms with Gasteiger partial charge in [0.05, 0.1) is 28.2 Å². The first-order valence-corrected chi connectivity index (χ1v) is 11.7. The van der Waals surface area contributed by atoms with Crippen LogP contribution in [-0.4, -0.2) is 53.2 Å². The third kappa shape index (κ3) is 5.87. The third-order valence-electron chi connectivity index (χ3n) is 5.22. The number of hydrogen-bond acceptors (Lipinski definition) is 6. The fourth-order valence-electron chi connectivity index (χ4n) is 3.46. The van der Waals surface area contributed by atoms with Gasteiger partial charge in [-0.25, -0.2) is 14.6 Å². The molecule has 1 N–H and O–H groups in total. The molecule has 2 aromatic rings. The first-order chi connectivity index (χ1) is 16.8. The van der Waals surface area contributed by atoms with Gasteiger partial charge in [-0.3, -0.25) is 0 Å². The maximum absolute atomic E-state index is 12.5. The van der Waals surface area contributed by atoms with Gasteiger partial charge >= 0.3 is 18.2 Å². The summed E-state index contributed by atoms with van der Waals surface area (Å²) in [6, 6.07) is 10.6. The molecule has 0 saturated carbocycles. The minimum Gasteiger partial charge on any atom is -0.444 e. The molecular weight excluding hydrogens is 509 g/mol. The Morgan fingerprint density at radius 2 is 1.67 bits per heavy atom. The third-order valence-corrected chi connectivity index (χ3v) is 5.85. The van der Waals surface area contributed by atoms with E-state index in [1.807, 2.05) is 0 Å². The second kappa shape index (κ2) is 10.7. The Balaban J connectivity index is 1.77.